The van der Waals surface area contributed by atoms with Gasteiger partial charge < -0.3 is 30.3 Å². The number of para-hydroxylation sites is 1. The van der Waals surface area contributed by atoms with E-state index in [1.54, 1.807) is 43.0 Å². The highest BCUT2D eigenvalue weighted by atomic mass is 35.5. The summed E-state index contributed by atoms with van der Waals surface area (Å²) in [7, 11) is -2.25. The van der Waals surface area contributed by atoms with Gasteiger partial charge in [-0.3, -0.25) is 9.59 Å². The van der Waals surface area contributed by atoms with Gasteiger partial charge in [-0.15, -0.1) is 0 Å². The Balaban J connectivity index is 1.43. The van der Waals surface area contributed by atoms with Gasteiger partial charge in [0.2, 0.25) is 5.95 Å². The molecule has 0 aliphatic carbocycles. The number of benzene rings is 2. The van der Waals surface area contributed by atoms with Gasteiger partial charge in [0.05, 0.1) is 40.9 Å². The number of ether oxygens (including phenoxy) is 2. The zero-order valence-electron chi connectivity index (χ0n) is 25.0. The molecule has 3 heterocycles. The molecule has 1 aromatic heterocycles. The zero-order valence-corrected chi connectivity index (χ0v) is 26.6. The SMILES string of the molecule is COC(=O)C1CC(N2Cc3cc(OC(C)C)c(Nc4ncc(Cl)c(Nc5ccccc5S(=O)(=O)C(C)C)n4)cc3C2=O)CN1. The van der Waals surface area contributed by atoms with Crippen molar-refractivity contribution in [2.75, 3.05) is 24.3 Å². The molecule has 14 heteroatoms. The number of fused-ring (bicyclic) bond motifs is 1. The Morgan fingerprint density at radius 3 is 2.59 bits per heavy atom. The largest absolute Gasteiger partial charge is 0.489 e. The summed E-state index contributed by atoms with van der Waals surface area (Å²) in [5, 5.41) is 8.89. The number of methoxy groups -OCH3 is 1. The van der Waals surface area contributed by atoms with Crippen LogP contribution in [0.25, 0.3) is 0 Å². The first-order valence-electron chi connectivity index (χ1n) is 14.2. The van der Waals surface area contributed by atoms with E-state index in [0.29, 0.717) is 42.2 Å². The van der Waals surface area contributed by atoms with Gasteiger partial charge in [-0.25, -0.2) is 13.4 Å². The summed E-state index contributed by atoms with van der Waals surface area (Å²) >= 11 is 6.42. The van der Waals surface area contributed by atoms with E-state index < -0.39 is 21.1 Å². The third kappa shape index (κ3) is 6.30. The molecule has 44 heavy (non-hydrogen) atoms. The van der Waals surface area contributed by atoms with Gasteiger partial charge in [-0.05, 0) is 63.9 Å². The number of anilines is 4. The van der Waals surface area contributed by atoms with E-state index in [9.17, 15) is 18.0 Å². The second kappa shape index (κ2) is 12.6. The van der Waals surface area contributed by atoms with E-state index in [1.807, 2.05) is 19.9 Å². The second-order valence-corrected chi connectivity index (χ2v) is 14.1. The first-order valence-corrected chi connectivity index (χ1v) is 16.2. The van der Waals surface area contributed by atoms with Crippen LogP contribution in [0.5, 0.6) is 5.75 Å². The molecule has 0 saturated carbocycles. The molecule has 2 aromatic carbocycles. The summed E-state index contributed by atoms with van der Waals surface area (Å²) in [6, 6.07) is 9.46. The lowest BCUT2D eigenvalue weighted by Gasteiger charge is -2.22. The molecular formula is C30H35ClN6O6S. The third-order valence-corrected chi connectivity index (χ3v) is 9.98. The number of nitrogens with one attached hydrogen (secondary N) is 3. The Kier molecular flexibility index (Phi) is 9.00. The average molecular weight is 643 g/mol. The first kappa shape index (κ1) is 31.5. The Labute approximate surface area is 261 Å². The third-order valence-electron chi connectivity index (χ3n) is 7.49. The average Bonchev–Trinajstić information content (AvgIpc) is 3.59. The molecule has 1 fully saturated rings. The highest BCUT2D eigenvalue weighted by molar-refractivity contribution is 7.92. The molecule has 0 bridgehead atoms. The molecule has 12 nitrogen and oxygen atoms in total. The molecule has 0 spiro atoms. The smallest absolute Gasteiger partial charge is 0.322 e. The van der Waals surface area contributed by atoms with Crippen LogP contribution in [0.15, 0.2) is 47.5 Å². The van der Waals surface area contributed by atoms with Crippen LogP contribution >= 0.6 is 11.6 Å². The van der Waals surface area contributed by atoms with Crippen molar-refractivity contribution in [3.63, 3.8) is 0 Å². The Hall–Kier alpha value is -3.94. The molecule has 2 atom stereocenters. The van der Waals surface area contributed by atoms with Gasteiger partial charge in [0.1, 0.15) is 16.8 Å². The van der Waals surface area contributed by atoms with Crippen molar-refractivity contribution in [3.8, 4) is 5.75 Å². The molecule has 234 valence electrons. The predicted octanol–water partition coefficient (Wildman–Crippen LogP) is 4.45. The van der Waals surface area contributed by atoms with E-state index in [-0.39, 0.29) is 45.7 Å². The van der Waals surface area contributed by atoms with Crippen molar-refractivity contribution < 1.29 is 27.5 Å². The van der Waals surface area contributed by atoms with Crippen molar-refractivity contribution >= 4 is 56.5 Å². The number of sulfone groups is 1. The molecule has 3 N–H and O–H groups in total. The summed E-state index contributed by atoms with van der Waals surface area (Å²) in [5.74, 6) is 0.348. The van der Waals surface area contributed by atoms with E-state index in [0.717, 1.165) is 5.56 Å². The number of hydrogen-bond acceptors (Lipinski definition) is 11. The maximum Gasteiger partial charge on any atom is 0.322 e. The quantitative estimate of drug-likeness (QED) is 0.269. The topological polar surface area (TPSA) is 152 Å². The van der Waals surface area contributed by atoms with E-state index in [1.165, 1.54) is 19.4 Å². The predicted molar refractivity (Wildman–Crippen MR) is 167 cm³/mol. The van der Waals surface area contributed by atoms with E-state index >= 15 is 0 Å². The molecule has 2 unspecified atom stereocenters. The van der Waals surface area contributed by atoms with Crippen LogP contribution in [-0.2, 0) is 25.9 Å². The number of carbonyl (C=O) groups is 2. The van der Waals surface area contributed by atoms with Gasteiger partial charge in [0.25, 0.3) is 5.91 Å². The van der Waals surface area contributed by atoms with Gasteiger partial charge in [0, 0.05) is 24.7 Å². The first-order chi connectivity index (χ1) is 20.9. The Bertz CT molecular complexity index is 1700. The van der Waals surface area contributed by atoms with Crippen LogP contribution < -0.4 is 20.7 Å². The van der Waals surface area contributed by atoms with Crippen LogP contribution in [0.3, 0.4) is 0 Å². The minimum absolute atomic E-state index is 0.129. The minimum Gasteiger partial charge on any atom is -0.489 e. The second-order valence-electron chi connectivity index (χ2n) is 11.2. The van der Waals surface area contributed by atoms with Crippen LogP contribution in [0.4, 0.5) is 23.1 Å². The van der Waals surface area contributed by atoms with Crippen LogP contribution in [0.2, 0.25) is 5.02 Å². The Morgan fingerprint density at radius 2 is 1.89 bits per heavy atom. The summed E-state index contributed by atoms with van der Waals surface area (Å²) in [6.45, 7) is 7.90. The number of esters is 1. The maximum absolute atomic E-state index is 13.5. The fraction of sp³-hybridized carbons (Fsp3) is 0.400. The highest BCUT2D eigenvalue weighted by Gasteiger charge is 2.40. The fourth-order valence-electron chi connectivity index (χ4n) is 5.22. The lowest BCUT2D eigenvalue weighted by atomic mass is 10.1. The molecular weight excluding hydrogens is 608 g/mol. The fourth-order valence-corrected chi connectivity index (χ4v) is 6.56. The van der Waals surface area contributed by atoms with Crippen molar-refractivity contribution in [2.24, 2.45) is 0 Å². The minimum atomic E-state index is -3.59. The molecule has 1 saturated heterocycles. The van der Waals surface area contributed by atoms with Gasteiger partial charge >= 0.3 is 5.97 Å². The summed E-state index contributed by atoms with van der Waals surface area (Å²) < 4.78 is 36.9. The normalized spacial score (nSPS) is 18.1. The van der Waals surface area contributed by atoms with Crippen LogP contribution in [0, 0.1) is 0 Å². The molecule has 5 rings (SSSR count). The maximum atomic E-state index is 13.5. The number of nitrogens with zero attached hydrogens (tertiary/aromatic N) is 3. The van der Waals surface area contributed by atoms with Crippen LogP contribution in [0.1, 0.15) is 50.0 Å². The van der Waals surface area contributed by atoms with Crippen molar-refractivity contribution in [3.05, 3.63) is 58.7 Å². The standard InChI is InChI=1S/C30H35ClN6O6S/c1-16(2)43-25-10-18-15-37(19-11-24(32-13-19)29(39)42-5)28(38)20(18)12-23(25)35-30-33-14-21(31)27(36-30)34-22-8-6-7-9-26(22)44(40,41)17(3)4/h6-10,12,14,16-17,19,24,32H,11,13,15H2,1-5H3,(H2,33,34,35,36). The van der Waals surface area contributed by atoms with Crippen molar-refractivity contribution in [1.29, 1.82) is 0 Å². The summed E-state index contributed by atoms with van der Waals surface area (Å²) in [6.07, 6.45) is 1.69. The van der Waals surface area contributed by atoms with Crippen molar-refractivity contribution in [1.82, 2.24) is 20.2 Å². The van der Waals surface area contributed by atoms with Crippen molar-refractivity contribution in [2.45, 2.75) is 69.0 Å². The number of aromatic nitrogens is 2. The summed E-state index contributed by atoms with van der Waals surface area (Å²) in [4.78, 5) is 36.2. The number of carbonyl (C=O) groups excluding carboxylic acids is 2. The highest BCUT2D eigenvalue weighted by Crippen LogP contribution is 2.38. The number of hydrogen-bond donors (Lipinski definition) is 3. The van der Waals surface area contributed by atoms with Gasteiger partial charge in [-0.2, -0.15) is 4.98 Å². The molecule has 2 aliphatic heterocycles. The van der Waals surface area contributed by atoms with E-state index in [4.69, 9.17) is 21.1 Å². The molecule has 0 radical (unpaired) electrons. The van der Waals surface area contributed by atoms with Gasteiger partial charge in [-0.1, -0.05) is 23.7 Å². The number of amides is 1. The van der Waals surface area contributed by atoms with E-state index in [2.05, 4.69) is 25.9 Å². The van der Waals surface area contributed by atoms with Crippen LogP contribution in [-0.4, -0.2) is 72.3 Å². The molecule has 2 aliphatic rings. The molecule has 1 amide bonds. The Morgan fingerprint density at radius 1 is 1.14 bits per heavy atom. The number of halogens is 1. The number of rotatable bonds is 10. The molecule has 3 aromatic rings. The zero-order chi connectivity index (χ0) is 31.8. The lowest BCUT2D eigenvalue weighted by molar-refractivity contribution is -0.142. The monoisotopic (exact) mass is 642 g/mol. The van der Waals surface area contributed by atoms with Gasteiger partial charge in [0.15, 0.2) is 15.7 Å². The lowest BCUT2D eigenvalue weighted by Crippen LogP contribution is -2.36. The summed E-state index contributed by atoms with van der Waals surface area (Å²) in [5.41, 5.74) is 2.11.